The summed E-state index contributed by atoms with van der Waals surface area (Å²) in [5.41, 5.74) is 4.99. The first-order valence-electron chi connectivity index (χ1n) is 6.87. The van der Waals surface area contributed by atoms with Gasteiger partial charge < -0.3 is 10.5 Å². The molecule has 2 rings (SSSR count). The van der Waals surface area contributed by atoms with Crippen molar-refractivity contribution in [3.05, 3.63) is 53.6 Å². The lowest BCUT2D eigenvalue weighted by Crippen LogP contribution is -2.17. The highest BCUT2D eigenvalue weighted by Gasteiger charge is 2.35. The van der Waals surface area contributed by atoms with Gasteiger partial charge in [-0.3, -0.25) is 0 Å². The fraction of sp³-hybridized carbons (Fsp3) is 0.250. The fourth-order valence-corrected chi connectivity index (χ4v) is 2.36. The van der Waals surface area contributed by atoms with Gasteiger partial charge in [0.2, 0.25) is 0 Å². The Kier molecular flexibility index (Phi) is 5.08. The van der Waals surface area contributed by atoms with E-state index in [9.17, 15) is 26.3 Å². The van der Waals surface area contributed by atoms with Gasteiger partial charge in [-0.15, -0.1) is 13.2 Å². The number of hydrogen-bond donors (Lipinski definition) is 1. The molecular formula is C16H13F6NO. The molecule has 0 unspecified atom stereocenters. The lowest BCUT2D eigenvalue weighted by molar-refractivity contribution is -0.274. The molecule has 0 bridgehead atoms. The maximum atomic E-state index is 13.3. The largest absolute Gasteiger partial charge is 0.573 e. The van der Waals surface area contributed by atoms with Crippen LogP contribution in [0.2, 0.25) is 0 Å². The summed E-state index contributed by atoms with van der Waals surface area (Å²) in [5, 5.41) is 0. The molecule has 0 radical (unpaired) electrons. The molecule has 0 fully saturated rings. The summed E-state index contributed by atoms with van der Waals surface area (Å²) >= 11 is 0. The average Bonchev–Trinajstić information content (AvgIpc) is 2.46. The van der Waals surface area contributed by atoms with Gasteiger partial charge in [-0.05, 0) is 47.9 Å². The summed E-state index contributed by atoms with van der Waals surface area (Å²) in [4.78, 5) is 0. The Morgan fingerprint density at radius 1 is 0.875 bits per heavy atom. The van der Waals surface area contributed by atoms with Gasteiger partial charge in [0.05, 0.1) is 5.56 Å². The van der Waals surface area contributed by atoms with E-state index in [0.717, 1.165) is 30.3 Å². The third-order valence-corrected chi connectivity index (χ3v) is 3.25. The van der Waals surface area contributed by atoms with Crippen molar-refractivity contribution in [3.63, 3.8) is 0 Å². The summed E-state index contributed by atoms with van der Waals surface area (Å²) in [5.74, 6) is -0.504. The second-order valence-electron chi connectivity index (χ2n) is 4.95. The maximum absolute atomic E-state index is 13.3. The molecule has 0 saturated heterocycles. The van der Waals surface area contributed by atoms with Gasteiger partial charge >= 0.3 is 12.5 Å². The van der Waals surface area contributed by atoms with Crippen LogP contribution in [0.4, 0.5) is 26.3 Å². The van der Waals surface area contributed by atoms with E-state index >= 15 is 0 Å². The molecule has 0 aliphatic rings. The Bertz CT molecular complexity index is 691. The molecule has 0 saturated carbocycles. The minimum atomic E-state index is -4.86. The topological polar surface area (TPSA) is 35.2 Å². The van der Waals surface area contributed by atoms with Crippen molar-refractivity contribution in [2.75, 3.05) is 6.54 Å². The van der Waals surface area contributed by atoms with Crippen LogP contribution in [-0.4, -0.2) is 12.9 Å². The molecule has 8 heteroatoms. The molecule has 0 aliphatic carbocycles. The van der Waals surface area contributed by atoms with Gasteiger partial charge in [0.15, 0.2) is 0 Å². The van der Waals surface area contributed by atoms with Gasteiger partial charge in [0.25, 0.3) is 0 Å². The molecule has 0 atom stereocenters. The number of ether oxygens (including phenoxy) is 1. The van der Waals surface area contributed by atoms with Crippen molar-refractivity contribution in [3.8, 4) is 16.9 Å². The Labute approximate surface area is 133 Å². The minimum absolute atomic E-state index is 0.0889. The van der Waals surface area contributed by atoms with Crippen molar-refractivity contribution < 1.29 is 31.1 Å². The predicted molar refractivity (Wildman–Crippen MR) is 76.3 cm³/mol. The van der Waals surface area contributed by atoms with E-state index in [-0.39, 0.29) is 24.1 Å². The third-order valence-electron chi connectivity index (χ3n) is 3.25. The number of rotatable bonds is 4. The van der Waals surface area contributed by atoms with Crippen LogP contribution in [0.3, 0.4) is 0 Å². The second-order valence-corrected chi connectivity index (χ2v) is 4.95. The highest BCUT2D eigenvalue weighted by atomic mass is 19.4. The maximum Gasteiger partial charge on any atom is 0.573 e. The van der Waals surface area contributed by atoms with Gasteiger partial charge in [0, 0.05) is 0 Å². The number of benzene rings is 2. The van der Waals surface area contributed by atoms with E-state index in [1.54, 1.807) is 0 Å². The molecule has 2 aromatic carbocycles. The second kappa shape index (κ2) is 6.72. The molecule has 2 nitrogen and oxygen atoms in total. The molecular weight excluding hydrogens is 336 g/mol. The summed E-state index contributed by atoms with van der Waals surface area (Å²) < 4.78 is 80.0. The molecule has 0 amide bonds. The molecule has 2 aromatic rings. The van der Waals surface area contributed by atoms with E-state index in [2.05, 4.69) is 4.74 Å². The van der Waals surface area contributed by atoms with Crippen LogP contribution in [0.5, 0.6) is 5.75 Å². The quantitative estimate of drug-likeness (QED) is 0.807. The minimum Gasteiger partial charge on any atom is -0.406 e. The Morgan fingerprint density at radius 2 is 1.50 bits per heavy atom. The molecule has 2 N–H and O–H groups in total. The smallest absolute Gasteiger partial charge is 0.406 e. The first-order valence-corrected chi connectivity index (χ1v) is 6.87. The SMILES string of the molecule is NCCc1cccc(C(F)(F)F)c1-c1ccc(OC(F)(F)F)cc1. The monoisotopic (exact) mass is 349 g/mol. The van der Waals surface area contributed by atoms with E-state index in [1.807, 2.05) is 0 Å². The Hall–Kier alpha value is -2.22. The molecule has 0 aliphatic heterocycles. The highest BCUT2D eigenvalue weighted by Crippen LogP contribution is 2.39. The predicted octanol–water partition coefficient (Wildman–Crippen LogP) is 4.77. The number of nitrogens with two attached hydrogens (primary N) is 1. The van der Waals surface area contributed by atoms with Gasteiger partial charge in [0.1, 0.15) is 5.75 Å². The van der Waals surface area contributed by atoms with E-state index in [4.69, 9.17) is 5.73 Å². The molecule has 0 heterocycles. The van der Waals surface area contributed by atoms with Crippen LogP contribution >= 0.6 is 0 Å². The van der Waals surface area contributed by atoms with Crippen LogP contribution in [0, 0.1) is 0 Å². The lowest BCUT2D eigenvalue weighted by atomic mass is 9.92. The molecule has 0 spiro atoms. The van der Waals surface area contributed by atoms with Crippen LogP contribution in [0.1, 0.15) is 11.1 Å². The van der Waals surface area contributed by atoms with Crippen molar-refractivity contribution in [1.29, 1.82) is 0 Å². The van der Waals surface area contributed by atoms with Gasteiger partial charge in [-0.1, -0.05) is 24.3 Å². The van der Waals surface area contributed by atoms with Crippen LogP contribution in [-0.2, 0) is 12.6 Å². The molecule has 0 aromatic heterocycles. The zero-order valence-corrected chi connectivity index (χ0v) is 12.2. The normalized spacial score (nSPS) is 12.3. The summed E-state index contributed by atoms with van der Waals surface area (Å²) in [6.07, 6.45) is -9.25. The van der Waals surface area contributed by atoms with Gasteiger partial charge in [-0.2, -0.15) is 13.2 Å². The first-order chi connectivity index (χ1) is 11.1. The van der Waals surface area contributed by atoms with Crippen molar-refractivity contribution >= 4 is 0 Å². The first kappa shape index (κ1) is 18.1. The number of hydrogen-bond acceptors (Lipinski definition) is 2. The van der Waals surface area contributed by atoms with Crippen molar-refractivity contribution in [2.45, 2.75) is 19.0 Å². The van der Waals surface area contributed by atoms with Crippen LogP contribution < -0.4 is 10.5 Å². The molecule has 130 valence electrons. The van der Waals surface area contributed by atoms with Crippen molar-refractivity contribution in [2.24, 2.45) is 5.73 Å². The summed E-state index contributed by atoms with van der Waals surface area (Å²) in [7, 11) is 0. The number of halogens is 6. The fourth-order valence-electron chi connectivity index (χ4n) is 2.36. The van der Waals surface area contributed by atoms with Crippen LogP contribution in [0.15, 0.2) is 42.5 Å². The Morgan fingerprint density at radius 3 is 2.00 bits per heavy atom. The number of alkyl halides is 6. The standard InChI is InChI=1S/C16H13F6NO/c17-15(18,19)13-3-1-2-10(8-9-23)14(13)11-4-6-12(7-5-11)24-16(20,21)22/h1-7H,8-9,23H2. The average molecular weight is 349 g/mol. The van der Waals surface area contributed by atoms with Gasteiger partial charge in [-0.25, -0.2) is 0 Å². The Balaban J connectivity index is 2.50. The van der Waals surface area contributed by atoms with Crippen LogP contribution in [0.25, 0.3) is 11.1 Å². The third kappa shape index (κ3) is 4.41. The zero-order valence-electron chi connectivity index (χ0n) is 12.2. The van der Waals surface area contributed by atoms with E-state index in [1.165, 1.54) is 12.1 Å². The van der Waals surface area contributed by atoms with E-state index in [0.29, 0.717) is 5.56 Å². The highest BCUT2D eigenvalue weighted by molar-refractivity contribution is 5.72. The summed E-state index contributed by atoms with van der Waals surface area (Å²) in [6, 6.07) is 7.98. The zero-order chi connectivity index (χ0) is 18.0. The lowest BCUT2D eigenvalue weighted by Gasteiger charge is -2.17. The molecule has 24 heavy (non-hydrogen) atoms. The van der Waals surface area contributed by atoms with E-state index < -0.39 is 23.9 Å². The van der Waals surface area contributed by atoms with Crippen molar-refractivity contribution in [1.82, 2.24) is 0 Å². The summed E-state index contributed by atoms with van der Waals surface area (Å²) in [6.45, 7) is 0.142.